The highest BCUT2D eigenvalue weighted by atomic mass is 16.1. The van der Waals surface area contributed by atoms with Gasteiger partial charge in [0.2, 0.25) is 5.91 Å². The molecular formula is C31H42N2O2. The van der Waals surface area contributed by atoms with E-state index in [1.165, 1.54) is 49.7 Å². The van der Waals surface area contributed by atoms with Gasteiger partial charge in [-0.15, -0.1) is 0 Å². The predicted octanol–water partition coefficient (Wildman–Crippen LogP) is 6.88. The summed E-state index contributed by atoms with van der Waals surface area (Å²) in [6, 6.07) is 12.8. The number of unbranched alkanes of at least 4 members (excludes halogenated alkanes) is 5. The van der Waals surface area contributed by atoms with Gasteiger partial charge in [0.1, 0.15) is 0 Å². The first-order valence-electron chi connectivity index (χ1n) is 13.8. The first-order valence-corrected chi connectivity index (χ1v) is 13.8. The van der Waals surface area contributed by atoms with E-state index in [1.807, 2.05) is 0 Å². The summed E-state index contributed by atoms with van der Waals surface area (Å²) in [4.78, 5) is 28.2. The van der Waals surface area contributed by atoms with Crippen LogP contribution >= 0.6 is 0 Å². The standard InChI is InChI=1S/C31H42N2O2/c1-3-4-5-6-7-11-19-33(22-24-12-9-8-10-13-24)20-18-25-14-15-26-23(2)21-28-27(30(26)31(25)35)16-17-29(34)32-28/h8-10,12-13,21,25H,3-7,11,14-20,22H2,1-2H3,(H,32,34). The number of amides is 1. The van der Waals surface area contributed by atoms with E-state index in [0.717, 1.165) is 61.3 Å². The van der Waals surface area contributed by atoms with E-state index >= 15 is 0 Å². The number of carbonyl (C=O) groups is 2. The Kier molecular flexibility index (Phi) is 9.14. The van der Waals surface area contributed by atoms with Gasteiger partial charge in [-0.2, -0.15) is 0 Å². The first kappa shape index (κ1) is 25.6. The van der Waals surface area contributed by atoms with Gasteiger partial charge in [0.15, 0.2) is 5.78 Å². The molecule has 1 amide bonds. The van der Waals surface area contributed by atoms with Crippen LogP contribution in [-0.2, 0) is 24.2 Å². The highest BCUT2D eigenvalue weighted by molar-refractivity contribution is 6.05. The topological polar surface area (TPSA) is 49.4 Å². The molecule has 0 saturated heterocycles. The third-order valence-electron chi connectivity index (χ3n) is 7.87. The van der Waals surface area contributed by atoms with E-state index < -0.39 is 0 Å². The number of carbonyl (C=O) groups excluding carboxylic acids is 2. The van der Waals surface area contributed by atoms with Gasteiger partial charge in [0.05, 0.1) is 0 Å². The zero-order valence-corrected chi connectivity index (χ0v) is 21.7. The largest absolute Gasteiger partial charge is 0.326 e. The van der Waals surface area contributed by atoms with Crippen LogP contribution in [0.25, 0.3) is 0 Å². The summed E-state index contributed by atoms with van der Waals surface area (Å²) in [6.45, 7) is 7.35. The molecule has 2 aromatic rings. The van der Waals surface area contributed by atoms with Gasteiger partial charge in [-0.3, -0.25) is 14.5 Å². The lowest BCUT2D eigenvalue weighted by atomic mass is 9.76. The van der Waals surface area contributed by atoms with Crippen LogP contribution in [0.1, 0.15) is 97.3 Å². The Balaban J connectivity index is 1.41. The van der Waals surface area contributed by atoms with Crippen molar-refractivity contribution in [3.05, 3.63) is 64.2 Å². The van der Waals surface area contributed by atoms with Crippen molar-refractivity contribution >= 4 is 17.4 Å². The minimum atomic E-state index is 0.0582. The number of Topliss-reactive ketones (excluding diaryl/α,β-unsaturated/α-hetero) is 1. The molecule has 0 radical (unpaired) electrons. The lowest BCUT2D eigenvalue weighted by Gasteiger charge is -2.31. The number of nitrogens with one attached hydrogen (secondary N) is 1. The molecule has 1 unspecified atom stereocenters. The molecule has 1 atom stereocenters. The van der Waals surface area contributed by atoms with Crippen LogP contribution in [0.4, 0.5) is 5.69 Å². The van der Waals surface area contributed by atoms with Crippen LogP contribution in [0.2, 0.25) is 0 Å². The lowest BCUT2D eigenvalue weighted by molar-refractivity contribution is -0.116. The number of hydrogen-bond acceptors (Lipinski definition) is 3. The van der Waals surface area contributed by atoms with E-state index in [0.29, 0.717) is 18.6 Å². The zero-order chi connectivity index (χ0) is 24.6. The van der Waals surface area contributed by atoms with Crippen LogP contribution in [0, 0.1) is 12.8 Å². The monoisotopic (exact) mass is 474 g/mol. The second-order valence-electron chi connectivity index (χ2n) is 10.5. The molecule has 0 bridgehead atoms. The molecule has 2 aliphatic rings. The molecule has 0 aromatic heterocycles. The Labute approximate surface area is 211 Å². The summed E-state index contributed by atoms with van der Waals surface area (Å²) >= 11 is 0. The average molecular weight is 475 g/mol. The number of aryl methyl sites for hydroxylation is 1. The summed E-state index contributed by atoms with van der Waals surface area (Å²) in [5, 5.41) is 3.01. The van der Waals surface area contributed by atoms with Crippen molar-refractivity contribution in [2.45, 2.75) is 91.0 Å². The Bertz CT molecular complexity index is 1010. The molecule has 1 heterocycles. The average Bonchev–Trinajstić information content (AvgIpc) is 2.86. The van der Waals surface area contributed by atoms with Gasteiger partial charge >= 0.3 is 0 Å². The van der Waals surface area contributed by atoms with Crippen molar-refractivity contribution in [3.63, 3.8) is 0 Å². The van der Waals surface area contributed by atoms with Crippen LogP contribution in [0.3, 0.4) is 0 Å². The molecule has 1 aliphatic heterocycles. The molecule has 4 rings (SSSR count). The third-order valence-corrected chi connectivity index (χ3v) is 7.87. The van der Waals surface area contributed by atoms with E-state index in [9.17, 15) is 9.59 Å². The molecule has 4 nitrogen and oxygen atoms in total. The fraction of sp³-hybridized carbons (Fsp3) is 0.548. The minimum absolute atomic E-state index is 0.0582. The molecule has 188 valence electrons. The van der Waals surface area contributed by atoms with Crippen LogP contribution in [0.5, 0.6) is 0 Å². The van der Waals surface area contributed by atoms with E-state index in [1.54, 1.807) is 0 Å². The molecule has 35 heavy (non-hydrogen) atoms. The molecule has 1 aliphatic carbocycles. The second-order valence-corrected chi connectivity index (χ2v) is 10.5. The maximum absolute atomic E-state index is 13.7. The molecule has 2 aromatic carbocycles. The van der Waals surface area contributed by atoms with E-state index in [2.05, 4.69) is 60.5 Å². The van der Waals surface area contributed by atoms with E-state index in [-0.39, 0.29) is 11.8 Å². The number of benzene rings is 2. The normalized spacial score (nSPS) is 17.3. The van der Waals surface area contributed by atoms with Crippen molar-refractivity contribution in [1.82, 2.24) is 4.90 Å². The maximum atomic E-state index is 13.7. The van der Waals surface area contributed by atoms with Crippen LogP contribution in [-0.4, -0.2) is 29.7 Å². The molecular weight excluding hydrogens is 432 g/mol. The number of anilines is 1. The molecule has 0 spiro atoms. The van der Waals surface area contributed by atoms with Gasteiger partial charge in [-0.25, -0.2) is 0 Å². The maximum Gasteiger partial charge on any atom is 0.224 e. The van der Waals surface area contributed by atoms with Gasteiger partial charge in [0.25, 0.3) is 0 Å². The highest BCUT2D eigenvalue weighted by Gasteiger charge is 2.33. The summed E-state index contributed by atoms with van der Waals surface area (Å²) < 4.78 is 0. The Morgan fingerprint density at radius 3 is 2.49 bits per heavy atom. The van der Waals surface area contributed by atoms with Crippen LogP contribution < -0.4 is 5.32 Å². The Morgan fingerprint density at radius 1 is 0.914 bits per heavy atom. The summed E-state index contributed by atoms with van der Waals surface area (Å²) in [6.07, 6.45) is 11.8. The van der Waals surface area contributed by atoms with Crippen molar-refractivity contribution in [2.75, 3.05) is 18.4 Å². The number of nitrogens with zero attached hydrogens (tertiary/aromatic N) is 1. The quantitative estimate of drug-likeness (QED) is 0.341. The smallest absolute Gasteiger partial charge is 0.224 e. The van der Waals surface area contributed by atoms with Crippen molar-refractivity contribution in [3.8, 4) is 0 Å². The van der Waals surface area contributed by atoms with E-state index in [4.69, 9.17) is 0 Å². The summed E-state index contributed by atoms with van der Waals surface area (Å²) in [5.41, 5.74) is 6.57. The molecule has 0 fully saturated rings. The first-order chi connectivity index (χ1) is 17.1. The molecule has 1 N–H and O–H groups in total. The van der Waals surface area contributed by atoms with Crippen molar-refractivity contribution < 1.29 is 9.59 Å². The highest BCUT2D eigenvalue weighted by Crippen LogP contribution is 2.38. The van der Waals surface area contributed by atoms with Crippen molar-refractivity contribution in [2.24, 2.45) is 5.92 Å². The zero-order valence-electron chi connectivity index (χ0n) is 21.7. The number of fused-ring (bicyclic) bond motifs is 3. The Hall–Kier alpha value is -2.46. The van der Waals surface area contributed by atoms with Gasteiger partial charge < -0.3 is 5.32 Å². The SMILES string of the molecule is CCCCCCCCN(CCC1CCc2c(C)cc3c(c2C1=O)CCC(=O)N3)Cc1ccccc1. The summed E-state index contributed by atoms with van der Waals surface area (Å²) in [5.74, 6) is 0.443. The number of hydrogen-bond donors (Lipinski definition) is 1. The predicted molar refractivity (Wildman–Crippen MR) is 144 cm³/mol. The van der Waals surface area contributed by atoms with Gasteiger partial charge in [-0.1, -0.05) is 69.4 Å². The fourth-order valence-electron chi connectivity index (χ4n) is 5.84. The molecule has 4 heteroatoms. The number of rotatable bonds is 12. The second kappa shape index (κ2) is 12.5. The minimum Gasteiger partial charge on any atom is -0.326 e. The van der Waals surface area contributed by atoms with Gasteiger partial charge in [0, 0.05) is 30.1 Å². The summed E-state index contributed by atoms with van der Waals surface area (Å²) in [7, 11) is 0. The lowest BCUT2D eigenvalue weighted by Crippen LogP contribution is -2.32. The van der Waals surface area contributed by atoms with Gasteiger partial charge in [-0.05, 0) is 80.4 Å². The molecule has 0 saturated carbocycles. The third kappa shape index (κ3) is 6.61. The van der Waals surface area contributed by atoms with Crippen LogP contribution in [0.15, 0.2) is 36.4 Å². The fourth-order valence-corrected chi connectivity index (χ4v) is 5.84. The Morgan fingerprint density at radius 2 is 1.69 bits per heavy atom. The number of ketones is 1. The van der Waals surface area contributed by atoms with Crippen molar-refractivity contribution in [1.29, 1.82) is 0 Å².